The summed E-state index contributed by atoms with van der Waals surface area (Å²) in [6.45, 7) is 13.1. The Morgan fingerprint density at radius 1 is 1.12 bits per heavy atom. The molecule has 3 nitrogen and oxygen atoms in total. The number of rotatable bonds is 10. The maximum absolute atomic E-state index is 5.91. The average molecular weight is 231 g/mol. The van der Waals surface area contributed by atoms with E-state index in [0.29, 0.717) is 12.6 Å². The van der Waals surface area contributed by atoms with Crippen molar-refractivity contribution < 1.29 is 9.47 Å². The molecule has 0 heterocycles. The van der Waals surface area contributed by atoms with Crippen molar-refractivity contribution in [3.05, 3.63) is 0 Å². The third-order valence-corrected chi connectivity index (χ3v) is 2.67. The highest BCUT2D eigenvalue weighted by atomic mass is 16.5. The summed E-state index contributed by atoms with van der Waals surface area (Å²) in [5, 5.41) is 3.51. The lowest BCUT2D eigenvalue weighted by atomic mass is 10.1. The molecule has 3 heteroatoms. The van der Waals surface area contributed by atoms with Crippen LogP contribution >= 0.6 is 0 Å². The van der Waals surface area contributed by atoms with Crippen molar-refractivity contribution in [2.75, 3.05) is 19.8 Å². The van der Waals surface area contributed by atoms with Gasteiger partial charge in [-0.15, -0.1) is 0 Å². The molecule has 0 saturated carbocycles. The molecule has 0 aliphatic rings. The lowest BCUT2D eigenvalue weighted by Gasteiger charge is -2.27. The molecule has 0 bridgehead atoms. The number of hydrogen-bond acceptors (Lipinski definition) is 3. The predicted octanol–water partition coefficient (Wildman–Crippen LogP) is 2.59. The van der Waals surface area contributed by atoms with Crippen molar-refractivity contribution in [2.45, 2.75) is 65.7 Å². The first-order valence-corrected chi connectivity index (χ1v) is 6.62. The number of hydrogen-bond donors (Lipinski definition) is 1. The zero-order valence-electron chi connectivity index (χ0n) is 11.6. The fourth-order valence-electron chi connectivity index (χ4n) is 1.76. The number of ether oxygens (including phenoxy) is 2. The van der Waals surface area contributed by atoms with E-state index in [9.17, 15) is 0 Å². The van der Waals surface area contributed by atoms with Crippen molar-refractivity contribution in [3.8, 4) is 0 Å². The lowest BCUT2D eigenvalue weighted by molar-refractivity contribution is -0.0524. The van der Waals surface area contributed by atoms with Crippen LogP contribution in [0.25, 0.3) is 0 Å². The second-order valence-corrected chi connectivity index (χ2v) is 4.28. The van der Waals surface area contributed by atoms with Gasteiger partial charge in [-0.3, -0.25) is 0 Å². The highest BCUT2D eigenvalue weighted by Gasteiger charge is 2.17. The molecule has 0 aromatic rings. The zero-order chi connectivity index (χ0) is 12.4. The van der Waals surface area contributed by atoms with Gasteiger partial charge >= 0.3 is 0 Å². The van der Waals surface area contributed by atoms with Crippen LogP contribution in [0.4, 0.5) is 0 Å². The van der Waals surface area contributed by atoms with Crippen LogP contribution in [0.3, 0.4) is 0 Å². The van der Waals surface area contributed by atoms with Crippen LogP contribution in [0.1, 0.15) is 47.5 Å². The van der Waals surface area contributed by atoms with Crippen LogP contribution in [0.5, 0.6) is 0 Å². The molecule has 3 unspecified atom stereocenters. The topological polar surface area (TPSA) is 30.5 Å². The molecule has 0 fully saturated rings. The summed E-state index contributed by atoms with van der Waals surface area (Å²) in [5.74, 6) is 0. The van der Waals surface area contributed by atoms with Gasteiger partial charge in [0.15, 0.2) is 0 Å². The van der Waals surface area contributed by atoms with Crippen LogP contribution in [0.15, 0.2) is 0 Å². The Kier molecular flexibility index (Phi) is 9.99. The SMILES string of the molecule is CCCNC(CC)C(C)OC(C)COCC. The van der Waals surface area contributed by atoms with Crippen LogP contribution in [-0.4, -0.2) is 38.0 Å². The van der Waals surface area contributed by atoms with E-state index in [0.717, 1.165) is 26.0 Å². The summed E-state index contributed by atoms with van der Waals surface area (Å²) < 4.78 is 11.3. The van der Waals surface area contributed by atoms with E-state index in [1.165, 1.54) is 0 Å². The predicted molar refractivity (Wildman–Crippen MR) is 68.9 cm³/mol. The van der Waals surface area contributed by atoms with Crippen LogP contribution in [0, 0.1) is 0 Å². The highest BCUT2D eigenvalue weighted by molar-refractivity contribution is 4.73. The van der Waals surface area contributed by atoms with Crippen molar-refractivity contribution in [3.63, 3.8) is 0 Å². The smallest absolute Gasteiger partial charge is 0.0784 e. The first kappa shape index (κ1) is 15.9. The van der Waals surface area contributed by atoms with E-state index in [1.807, 2.05) is 6.92 Å². The molecule has 0 saturated heterocycles. The second-order valence-electron chi connectivity index (χ2n) is 4.28. The molecule has 1 N–H and O–H groups in total. The Hall–Kier alpha value is -0.120. The summed E-state index contributed by atoms with van der Waals surface area (Å²) in [7, 11) is 0. The van der Waals surface area contributed by atoms with E-state index < -0.39 is 0 Å². The van der Waals surface area contributed by atoms with Gasteiger partial charge in [0.1, 0.15) is 0 Å². The van der Waals surface area contributed by atoms with Gasteiger partial charge in [-0.05, 0) is 40.2 Å². The molecule has 0 aromatic carbocycles. The molecule has 0 aromatic heterocycles. The van der Waals surface area contributed by atoms with Crippen LogP contribution in [-0.2, 0) is 9.47 Å². The third-order valence-electron chi connectivity index (χ3n) is 2.67. The molecule has 0 aliphatic carbocycles. The summed E-state index contributed by atoms with van der Waals surface area (Å²) in [6.07, 6.45) is 2.68. The molecule has 3 atom stereocenters. The molecule has 98 valence electrons. The van der Waals surface area contributed by atoms with Gasteiger partial charge < -0.3 is 14.8 Å². The van der Waals surface area contributed by atoms with E-state index in [-0.39, 0.29) is 12.2 Å². The molecule has 0 spiro atoms. The van der Waals surface area contributed by atoms with Gasteiger partial charge in [-0.2, -0.15) is 0 Å². The van der Waals surface area contributed by atoms with Gasteiger partial charge in [-0.25, -0.2) is 0 Å². The molecule has 0 rings (SSSR count). The monoisotopic (exact) mass is 231 g/mol. The van der Waals surface area contributed by atoms with Crippen LogP contribution in [0.2, 0.25) is 0 Å². The van der Waals surface area contributed by atoms with E-state index in [4.69, 9.17) is 9.47 Å². The summed E-state index contributed by atoms with van der Waals surface area (Å²) >= 11 is 0. The average Bonchev–Trinajstić information content (AvgIpc) is 2.27. The minimum absolute atomic E-state index is 0.174. The molecule has 0 amide bonds. The molecule has 0 aliphatic heterocycles. The molecular weight excluding hydrogens is 202 g/mol. The van der Waals surface area contributed by atoms with E-state index in [1.54, 1.807) is 0 Å². The van der Waals surface area contributed by atoms with Gasteiger partial charge in [0.25, 0.3) is 0 Å². The van der Waals surface area contributed by atoms with E-state index >= 15 is 0 Å². The quantitative estimate of drug-likeness (QED) is 0.627. The third kappa shape index (κ3) is 7.20. The number of nitrogens with one attached hydrogen (secondary N) is 1. The summed E-state index contributed by atoms with van der Waals surface area (Å²) in [4.78, 5) is 0. The Balaban J connectivity index is 3.84. The molecule has 0 radical (unpaired) electrons. The van der Waals surface area contributed by atoms with Gasteiger partial charge in [0.05, 0.1) is 18.8 Å². The fraction of sp³-hybridized carbons (Fsp3) is 1.00. The van der Waals surface area contributed by atoms with Gasteiger partial charge in [-0.1, -0.05) is 13.8 Å². The minimum atomic E-state index is 0.174. The van der Waals surface area contributed by atoms with Gasteiger partial charge in [0, 0.05) is 12.6 Å². The van der Waals surface area contributed by atoms with Crippen molar-refractivity contribution in [2.24, 2.45) is 0 Å². The Morgan fingerprint density at radius 2 is 1.81 bits per heavy atom. The maximum atomic E-state index is 5.91. The van der Waals surface area contributed by atoms with Gasteiger partial charge in [0.2, 0.25) is 0 Å². The normalized spacial score (nSPS) is 17.1. The fourth-order valence-corrected chi connectivity index (χ4v) is 1.76. The maximum Gasteiger partial charge on any atom is 0.0784 e. The highest BCUT2D eigenvalue weighted by Crippen LogP contribution is 2.07. The standard InChI is InChI=1S/C13H29NO2/c1-6-9-14-13(7-2)12(5)16-11(4)10-15-8-3/h11-14H,6-10H2,1-5H3. The Labute approximate surface area is 101 Å². The first-order valence-electron chi connectivity index (χ1n) is 6.62. The Bertz CT molecular complexity index is 153. The largest absolute Gasteiger partial charge is 0.379 e. The van der Waals surface area contributed by atoms with Crippen molar-refractivity contribution in [1.29, 1.82) is 0 Å². The first-order chi connectivity index (χ1) is 7.65. The van der Waals surface area contributed by atoms with Crippen molar-refractivity contribution >= 4 is 0 Å². The molecule has 16 heavy (non-hydrogen) atoms. The van der Waals surface area contributed by atoms with Crippen molar-refractivity contribution in [1.82, 2.24) is 5.32 Å². The summed E-state index contributed by atoms with van der Waals surface area (Å²) in [6, 6.07) is 0.448. The lowest BCUT2D eigenvalue weighted by Crippen LogP contribution is -2.41. The van der Waals surface area contributed by atoms with E-state index in [2.05, 4.69) is 33.0 Å². The minimum Gasteiger partial charge on any atom is -0.379 e. The zero-order valence-corrected chi connectivity index (χ0v) is 11.6. The van der Waals surface area contributed by atoms with Crippen LogP contribution < -0.4 is 5.32 Å². The summed E-state index contributed by atoms with van der Waals surface area (Å²) in [5.41, 5.74) is 0. The Morgan fingerprint density at radius 3 is 2.31 bits per heavy atom. The molecular formula is C13H29NO2. The second kappa shape index (κ2) is 10.1.